The van der Waals surface area contributed by atoms with Crippen molar-refractivity contribution in [2.75, 3.05) is 36.4 Å². The monoisotopic (exact) mass is 858 g/mol. The fourth-order valence-corrected chi connectivity index (χ4v) is 11.7. The van der Waals surface area contributed by atoms with Crippen molar-refractivity contribution in [3.63, 3.8) is 0 Å². The zero-order valence-corrected chi connectivity index (χ0v) is 35.7. The van der Waals surface area contributed by atoms with Gasteiger partial charge in [-0.25, -0.2) is 23.1 Å². The number of carbonyl (C=O) groups is 1. The molecule has 2 aromatic carbocycles. The number of nitrogens with one attached hydrogen (secondary N) is 3. The lowest BCUT2D eigenvalue weighted by Gasteiger charge is -2.56. The van der Waals surface area contributed by atoms with E-state index in [0.29, 0.717) is 41.4 Å². The summed E-state index contributed by atoms with van der Waals surface area (Å²) in [5, 5.41) is 15.9. The Morgan fingerprint density at radius 2 is 1.69 bits per heavy atom. The quantitative estimate of drug-likeness (QED) is 0.0760. The maximum absolute atomic E-state index is 13.9. The SMILES string of the molecule is O=C(NS(=O)(=O)c1cnc(NCC2CCCCC2)c([N+](=O)[O-])c1)c1ccc(N2CCC3(CC2)CC(N2CCC[C@H]2c2ccccc2C2CC2)C3)cc1Oc1cnc2[nH]ccc2c1. The van der Waals surface area contributed by atoms with Gasteiger partial charge in [0.15, 0.2) is 0 Å². The summed E-state index contributed by atoms with van der Waals surface area (Å²) < 4.78 is 35.8. The summed E-state index contributed by atoms with van der Waals surface area (Å²) in [7, 11) is -4.58. The van der Waals surface area contributed by atoms with Crippen LogP contribution in [0.2, 0.25) is 0 Å². The second-order valence-corrected chi connectivity index (χ2v) is 20.0. The molecule has 1 atom stereocenters. The van der Waals surface area contributed by atoms with Crippen molar-refractivity contribution < 1.29 is 22.9 Å². The van der Waals surface area contributed by atoms with Crippen LogP contribution >= 0.6 is 0 Å². The average molecular weight is 859 g/mol. The van der Waals surface area contributed by atoms with E-state index in [9.17, 15) is 23.3 Å². The van der Waals surface area contributed by atoms with Crippen molar-refractivity contribution in [3.05, 3.63) is 106 Å². The molecule has 0 radical (unpaired) electrons. The van der Waals surface area contributed by atoms with Crippen LogP contribution in [-0.2, 0) is 10.0 Å². The van der Waals surface area contributed by atoms with Crippen molar-refractivity contribution in [3.8, 4) is 11.5 Å². The Balaban J connectivity index is 0.841. The van der Waals surface area contributed by atoms with Gasteiger partial charge in [0.25, 0.3) is 15.9 Å². The number of ether oxygens (including phenoxy) is 1. The Morgan fingerprint density at radius 1 is 0.903 bits per heavy atom. The maximum Gasteiger partial charge on any atom is 0.312 e. The number of amides is 1. The topological polar surface area (TPSA) is 176 Å². The predicted molar refractivity (Wildman–Crippen MR) is 237 cm³/mol. The van der Waals surface area contributed by atoms with Crippen LogP contribution in [0.25, 0.3) is 11.0 Å². The number of piperidine rings is 1. The number of rotatable bonds is 13. The Hall–Kier alpha value is -5.54. The molecule has 1 spiro atoms. The molecular weight excluding hydrogens is 805 g/mol. The molecule has 0 unspecified atom stereocenters. The van der Waals surface area contributed by atoms with Gasteiger partial charge in [-0.1, -0.05) is 43.5 Å². The first-order valence-corrected chi connectivity index (χ1v) is 23.9. The molecule has 15 heteroatoms. The van der Waals surface area contributed by atoms with Crippen molar-refractivity contribution >= 4 is 44.2 Å². The molecule has 3 aliphatic carbocycles. The molecule has 5 fully saturated rings. The molecule has 3 aromatic heterocycles. The van der Waals surface area contributed by atoms with Crippen molar-refractivity contribution in [2.24, 2.45) is 11.3 Å². The third kappa shape index (κ3) is 8.24. The lowest BCUT2D eigenvalue weighted by Crippen LogP contribution is -2.54. The first-order chi connectivity index (χ1) is 30.1. The lowest BCUT2D eigenvalue weighted by molar-refractivity contribution is -0.384. The smallest absolute Gasteiger partial charge is 0.312 e. The fourth-order valence-electron chi connectivity index (χ4n) is 10.8. The number of hydrogen-bond acceptors (Lipinski definition) is 11. The highest BCUT2D eigenvalue weighted by Gasteiger charge is 2.50. The number of carbonyl (C=O) groups excluding carboxylic acids is 1. The molecule has 3 saturated carbocycles. The maximum atomic E-state index is 13.9. The van der Waals surface area contributed by atoms with Crippen molar-refractivity contribution in [1.82, 2.24) is 24.6 Å². The van der Waals surface area contributed by atoms with Crippen LogP contribution in [0, 0.1) is 21.4 Å². The number of nitrogens with zero attached hydrogens (tertiary/aromatic N) is 5. The van der Waals surface area contributed by atoms with Crippen LogP contribution in [0.3, 0.4) is 0 Å². The van der Waals surface area contributed by atoms with Crippen LogP contribution in [0.4, 0.5) is 17.2 Å². The summed E-state index contributed by atoms with van der Waals surface area (Å²) in [6.45, 7) is 3.40. The molecule has 5 aromatic rings. The second kappa shape index (κ2) is 16.6. The lowest BCUT2D eigenvalue weighted by atomic mass is 9.59. The number of fused-ring (bicyclic) bond motifs is 1. The van der Waals surface area contributed by atoms with Gasteiger partial charge in [0.1, 0.15) is 22.0 Å². The van der Waals surface area contributed by atoms with E-state index in [1.807, 2.05) is 12.1 Å². The number of sulfonamides is 1. The summed E-state index contributed by atoms with van der Waals surface area (Å²) in [6.07, 6.45) is 19.5. The minimum Gasteiger partial charge on any atom is -0.455 e. The Labute approximate surface area is 362 Å². The summed E-state index contributed by atoms with van der Waals surface area (Å²) in [6, 6.07) is 20.1. The van der Waals surface area contributed by atoms with E-state index in [1.54, 1.807) is 41.7 Å². The standard InChI is InChI=1S/C47H54N8O6S/c56-46(52-62(59,60)37-25-42(55(57)58)45(51-30-37)49-28-31-7-2-1-3-8-31)40-15-14-34(24-43(40)61-36-23-33-16-19-48-44(33)50-29-36)53-21-17-47(18-22-53)26-35(27-47)54-20-6-11-41(54)39-10-5-4-9-38(39)32-12-13-32/h4-5,9-10,14-16,19,23-25,29-32,35,41H,1-3,6-8,11-13,17-18,20-22,26-28H2,(H,48,50)(H,49,51)(H,52,56)/t41-/m0/s1. The first-order valence-electron chi connectivity index (χ1n) is 22.4. The third-order valence-electron chi connectivity index (χ3n) is 14.3. The number of anilines is 2. The summed E-state index contributed by atoms with van der Waals surface area (Å²) >= 11 is 0. The Morgan fingerprint density at radius 3 is 2.47 bits per heavy atom. The zero-order valence-electron chi connectivity index (χ0n) is 34.9. The number of nitro groups is 1. The van der Waals surface area contributed by atoms with E-state index in [4.69, 9.17) is 4.74 Å². The van der Waals surface area contributed by atoms with Gasteiger partial charge >= 0.3 is 5.69 Å². The number of hydrogen-bond donors (Lipinski definition) is 3. The van der Waals surface area contributed by atoms with E-state index in [0.717, 1.165) is 80.9 Å². The van der Waals surface area contributed by atoms with E-state index < -0.39 is 31.4 Å². The fraction of sp³-hybridized carbons (Fsp3) is 0.468. The number of aromatic nitrogens is 3. The van der Waals surface area contributed by atoms with Gasteiger partial charge in [-0.2, -0.15) is 0 Å². The number of pyridine rings is 2. The normalized spacial score (nSPS) is 20.9. The molecule has 0 bridgehead atoms. The minimum atomic E-state index is -4.58. The summed E-state index contributed by atoms with van der Waals surface area (Å²) in [5.41, 5.74) is 4.51. The molecule has 1 amide bonds. The van der Waals surface area contributed by atoms with Gasteiger partial charge < -0.3 is 19.9 Å². The average Bonchev–Trinajstić information content (AvgIpc) is 3.82. The van der Waals surface area contributed by atoms with Gasteiger partial charge in [-0.3, -0.25) is 19.8 Å². The Kier molecular flexibility index (Phi) is 10.9. The van der Waals surface area contributed by atoms with Crippen LogP contribution in [-0.4, -0.2) is 71.3 Å². The Bertz CT molecular complexity index is 2590. The molecule has 5 aliphatic rings. The van der Waals surface area contributed by atoms with E-state index in [2.05, 4.69) is 59.1 Å². The number of benzene rings is 2. The van der Waals surface area contributed by atoms with Gasteiger partial charge in [0, 0.05) is 61.1 Å². The highest BCUT2D eigenvalue weighted by molar-refractivity contribution is 7.90. The van der Waals surface area contributed by atoms with Crippen LogP contribution in [0.5, 0.6) is 11.5 Å². The molecule has 5 heterocycles. The number of aromatic amines is 1. The molecule has 2 saturated heterocycles. The molecule has 14 nitrogen and oxygen atoms in total. The van der Waals surface area contributed by atoms with Gasteiger partial charge in [-0.15, -0.1) is 0 Å². The van der Waals surface area contributed by atoms with Crippen molar-refractivity contribution in [1.29, 1.82) is 0 Å². The van der Waals surface area contributed by atoms with E-state index in [-0.39, 0.29) is 17.1 Å². The van der Waals surface area contributed by atoms with Crippen LogP contribution in [0.1, 0.15) is 117 Å². The highest BCUT2D eigenvalue weighted by Crippen LogP contribution is 2.55. The van der Waals surface area contributed by atoms with Crippen LogP contribution in [0.15, 0.2) is 84.1 Å². The highest BCUT2D eigenvalue weighted by atomic mass is 32.2. The van der Waals surface area contributed by atoms with Gasteiger partial charge in [0.05, 0.1) is 22.9 Å². The largest absolute Gasteiger partial charge is 0.455 e. The predicted octanol–water partition coefficient (Wildman–Crippen LogP) is 9.23. The molecular formula is C47H54N8O6S. The van der Waals surface area contributed by atoms with E-state index in [1.165, 1.54) is 51.5 Å². The molecule has 62 heavy (non-hydrogen) atoms. The number of H-pyrrole nitrogens is 1. The minimum absolute atomic E-state index is 0.00332. The molecule has 2 aliphatic heterocycles. The van der Waals surface area contributed by atoms with Gasteiger partial charge in [-0.05, 0) is 123 Å². The molecule has 324 valence electrons. The summed E-state index contributed by atoms with van der Waals surface area (Å²) in [4.78, 5) is 41.6. The van der Waals surface area contributed by atoms with Crippen molar-refractivity contribution in [2.45, 2.75) is 106 Å². The van der Waals surface area contributed by atoms with Gasteiger partial charge in [0.2, 0.25) is 5.82 Å². The molecule has 3 N–H and O–H groups in total. The summed E-state index contributed by atoms with van der Waals surface area (Å²) in [5.74, 6) is 0.706. The zero-order chi connectivity index (χ0) is 42.4. The second-order valence-electron chi connectivity index (χ2n) is 18.3. The molecule has 10 rings (SSSR count). The van der Waals surface area contributed by atoms with Crippen LogP contribution < -0.4 is 19.7 Å². The third-order valence-corrected chi connectivity index (χ3v) is 15.6. The first kappa shape index (κ1) is 40.5. The number of likely N-dealkylation sites (tertiary alicyclic amines) is 1. The van der Waals surface area contributed by atoms with E-state index >= 15 is 0 Å².